The SMILES string of the molecule is Nc1c(Cl)nc(C2CCCO2)nc1NCC1CCCO1. The van der Waals surface area contributed by atoms with Gasteiger partial charge in [0.15, 0.2) is 16.8 Å². The summed E-state index contributed by atoms with van der Waals surface area (Å²) in [4.78, 5) is 8.69. The summed E-state index contributed by atoms with van der Waals surface area (Å²) in [6.45, 7) is 2.25. The molecular formula is C13H19ClN4O2. The first kappa shape index (κ1) is 13.9. The van der Waals surface area contributed by atoms with Gasteiger partial charge < -0.3 is 20.5 Å². The van der Waals surface area contributed by atoms with E-state index in [-0.39, 0.29) is 17.4 Å². The van der Waals surface area contributed by atoms with E-state index in [9.17, 15) is 0 Å². The lowest BCUT2D eigenvalue weighted by atomic mass is 10.2. The van der Waals surface area contributed by atoms with E-state index in [4.69, 9.17) is 26.8 Å². The molecule has 2 saturated heterocycles. The second kappa shape index (κ2) is 6.11. The van der Waals surface area contributed by atoms with Gasteiger partial charge in [-0.3, -0.25) is 0 Å². The minimum Gasteiger partial charge on any atom is -0.393 e. The maximum atomic E-state index is 6.09. The first-order valence-electron chi connectivity index (χ1n) is 7.04. The topological polar surface area (TPSA) is 82.3 Å². The zero-order valence-corrected chi connectivity index (χ0v) is 12.0. The van der Waals surface area contributed by atoms with E-state index in [0.29, 0.717) is 23.9 Å². The Hall–Kier alpha value is -1.11. The van der Waals surface area contributed by atoms with E-state index in [2.05, 4.69) is 15.3 Å². The lowest BCUT2D eigenvalue weighted by Gasteiger charge is -2.15. The molecule has 2 atom stereocenters. The zero-order valence-electron chi connectivity index (χ0n) is 11.3. The van der Waals surface area contributed by atoms with Crippen LogP contribution < -0.4 is 11.1 Å². The zero-order chi connectivity index (χ0) is 13.9. The maximum absolute atomic E-state index is 6.09. The van der Waals surface area contributed by atoms with Crippen LogP contribution in [0, 0.1) is 0 Å². The first-order chi connectivity index (χ1) is 9.74. The molecule has 0 aliphatic carbocycles. The van der Waals surface area contributed by atoms with Gasteiger partial charge in [-0.15, -0.1) is 0 Å². The van der Waals surface area contributed by atoms with Crippen molar-refractivity contribution in [3.8, 4) is 0 Å². The maximum Gasteiger partial charge on any atom is 0.161 e. The summed E-state index contributed by atoms with van der Waals surface area (Å²) in [7, 11) is 0. The molecule has 0 amide bonds. The average Bonchev–Trinajstić information content (AvgIpc) is 3.12. The molecule has 6 nitrogen and oxygen atoms in total. The molecule has 0 radical (unpaired) electrons. The lowest BCUT2D eigenvalue weighted by molar-refractivity contribution is 0.105. The number of nitrogens with zero attached hydrogens (tertiary/aromatic N) is 2. The van der Waals surface area contributed by atoms with Crippen LogP contribution in [0.5, 0.6) is 0 Å². The Morgan fingerprint density at radius 3 is 2.70 bits per heavy atom. The summed E-state index contributed by atoms with van der Waals surface area (Å²) in [5.74, 6) is 1.18. The van der Waals surface area contributed by atoms with Crippen molar-refractivity contribution in [3.05, 3.63) is 11.0 Å². The fourth-order valence-corrected chi connectivity index (χ4v) is 2.71. The third-order valence-electron chi connectivity index (χ3n) is 3.66. The fourth-order valence-electron chi connectivity index (χ4n) is 2.53. The molecule has 2 fully saturated rings. The number of aromatic nitrogens is 2. The Kier molecular flexibility index (Phi) is 4.24. The Morgan fingerprint density at radius 2 is 2.00 bits per heavy atom. The molecule has 0 saturated carbocycles. The summed E-state index contributed by atoms with van der Waals surface area (Å²) in [5, 5.41) is 3.50. The molecule has 7 heteroatoms. The number of hydrogen-bond donors (Lipinski definition) is 2. The molecule has 1 aromatic rings. The van der Waals surface area contributed by atoms with Crippen molar-refractivity contribution in [2.45, 2.75) is 37.9 Å². The minimum absolute atomic E-state index is 0.0728. The normalized spacial score (nSPS) is 26.1. The second-order valence-electron chi connectivity index (χ2n) is 5.15. The van der Waals surface area contributed by atoms with Crippen LogP contribution in [0.1, 0.15) is 37.6 Å². The first-order valence-corrected chi connectivity index (χ1v) is 7.42. The van der Waals surface area contributed by atoms with E-state index in [1.54, 1.807) is 0 Å². The van der Waals surface area contributed by atoms with Gasteiger partial charge in [-0.05, 0) is 25.7 Å². The molecule has 0 spiro atoms. The van der Waals surface area contributed by atoms with Gasteiger partial charge in [0, 0.05) is 19.8 Å². The minimum atomic E-state index is -0.0728. The van der Waals surface area contributed by atoms with Gasteiger partial charge in [-0.1, -0.05) is 11.6 Å². The van der Waals surface area contributed by atoms with Gasteiger partial charge in [-0.25, -0.2) is 9.97 Å². The standard InChI is InChI=1S/C13H19ClN4O2/c14-11-10(15)13(16-7-8-3-1-5-19-8)18-12(17-11)9-4-2-6-20-9/h8-9H,1-7,15H2,(H,16,17,18). The predicted octanol–water partition coefficient (Wildman–Crippen LogP) is 2.15. The second-order valence-corrected chi connectivity index (χ2v) is 5.51. The van der Waals surface area contributed by atoms with E-state index in [1.165, 1.54) is 0 Å². The number of nitrogen functional groups attached to an aromatic ring is 1. The van der Waals surface area contributed by atoms with Crippen LogP contribution in [0.25, 0.3) is 0 Å². The quantitative estimate of drug-likeness (QED) is 0.829. The molecule has 3 heterocycles. The van der Waals surface area contributed by atoms with E-state index in [1.807, 2.05) is 0 Å². The third-order valence-corrected chi connectivity index (χ3v) is 3.94. The van der Waals surface area contributed by atoms with Crippen LogP contribution in [-0.2, 0) is 9.47 Å². The Morgan fingerprint density at radius 1 is 1.20 bits per heavy atom. The number of halogens is 1. The number of nitrogens with two attached hydrogens (primary N) is 1. The average molecular weight is 299 g/mol. The summed E-state index contributed by atoms with van der Waals surface area (Å²) >= 11 is 6.09. The van der Waals surface area contributed by atoms with Crippen LogP contribution in [0.2, 0.25) is 5.15 Å². The Labute approximate surface area is 123 Å². The molecule has 2 aliphatic heterocycles. The van der Waals surface area contributed by atoms with Gasteiger partial charge in [-0.2, -0.15) is 0 Å². The molecule has 0 aromatic carbocycles. The molecule has 3 rings (SSSR count). The summed E-state index contributed by atoms with van der Waals surface area (Å²) in [5.41, 5.74) is 6.31. The molecule has 1 aromatic heterocycles. The number of hydrogen-bond acceptors (Lipinski definition) is 6. The molecule has 20 heavy (non-hydrogen) atoms. The van der Waals surface area contributed by atoms with Gasteiger partial charge in [0.1, 0.15) is 11.8 Å². The summed E-state index contributed by atoms with van der Waals surface area (Å²) in [6, 6.07) is 0. The van der Waals surface area contributed by atoms with Crippen molar-refractivity contribution in [1.29, 1.82) is 0 Å². The van der Waals surface area contributed by atoms with Crippen molar-refractivity contribution in [2.75, 3.05) is 30.8 Å². The molecule has 110 valence electrons. The van der Waals surface area contributed by atoms with Crippen LogP contribution >= 0.6 is 11.6 Å². The smallest absolute Gasteiger partial charge is 0.161 e. The molecule has 2 aliphatic rings. The Balaban J connectivity index is 1.73. The van der Waals surface area contributed by atoms with Crippen molar-refractivity contribution in [1.82, 2.24) is 9.97 Å². The van der Waals surface area contributed by atoms with Gasteiger partial charge in [0.25, 0.3) is 0 Å². The number of nitrogens with one attached hydrogen (secondary N) is 1. The number of ether oxygens (including phenoxy) is 2. The van der Waals surface area contributed by atoms with Crippen LogP contribution in [-0.4, -0.2) is 35.8 Å². The van der Waals surface area contributed by atoms with Gasteiger partial charge in [0.2, 0.25) is 0 Å². The number of rotatable bonds is 4. The van der Waals surface area contributed by atoms with Crippen molar-refractivity contribution >= 4 is 23.1 Å². The number of anilines is 2. The summed E-state index contributed by atoms with van der Waals surface area (Å²) < 4.78 is 11.2. The molecular weight excluding hydrogens is 280 g/mol. The van der Waals surface area contributed by atoms with E-state index >= 15 is 0 Å². The van der Waals surface area contributed by atoms with E-state index < -0.39 is 0 Å². The Bertz CT molecular complexity index is 474. The van der Waals surface area contributed by atoms with Crippen molar-refractivity contribution < 1.29 is 9.47 Å². The van der Waals surface area contributed by atoms with Crippen molar-refractivity contribution in [3.63, 3.8) is 0 Å². The lowest BCUT2D eigenvalue weighted by Crippen LogP contribution is -2.20. The van der Waals surface area contributed by atoms with Gasteiger partial charge in [0.05, 0.1) is 6.10 Å². The van der Waals surface area contributed by atoms with Crippen LogP contribution in [0.4, 0.5) is 11.5 Å². The van der Waals surface area contributed by atoms with Crippen LogP contribution in [0.15, 0.2) is 0 Å². The third kappa shape index (κ3) is 2.97. The highest BCUT2D eigenvalue weighted by Gasteiger charge is 2.23. The molecule has 3 N–H and O–H groups in total. The highest BCUT2D eigenvalue weighted by molar-refractivity contribution is 6.32. The monoisotopic (exact) mass is 298 g/mol. The van der Waals surface area contributed by atoms with E-state index in [0.717, 1.165) is 38.9 Å². The highest BCUT2D eigenvalue weighted by Crippen LogP contribution is 2.31. The fraction of sp³-hybridized carbons (Fsp3) is 0.692. The molecule has 2 unspecified atom stereocenters. The highest BCUT2D eigenvalue weighted by atomic mass is 35.5. The summed E-state index contributed by atoms with van der Waals surface area (Å²) in [6.07, 6.45) is 4.25. The van der Waals surface area contributed by atoms with Crippen LogP contribution in [0.3, 0.4) is 0 Å². The largest absolute Gasteiger partial charge is 0.393 e. The predicted molar refractivity (Wildman–Crippen MR) is 76.8 cm³/mol. The molecule has 0 bridgehead atoms. The van der Waals surface area contributed by atoms with Crippen molar-refractivity contribution in [2.24, 2.45) is 0 Å². The van der Waals surface area contributed by atoms with Gasteiger partial charge >= 0.3 is 0 Å².